The van der Waals surface area contributed by atoms with Gasteiger partial charge in [-0.3, -0.25) is 4.79 Å². The minimum Gasteiger partial charge on any atom is -0.423 e. The number of hydrogen-bond acceptors (Lipinski definition) is 5. The van der Waals surface area contributed by atoms with Crippen molar-refractivity contribution in [1.82, 2.24) is 4.90 Å². The van der Waals surface area contributed by atoms with Gasteiger partial charge in [-0.1, -0.05) is 66.7 Å². The summed E-state index contributed by atoms with van der Waals surface area (Å²) in [6.45, 7) is 2.55. The molecule has 5 rings (SSSR count). The molecule has 0 saturated carbocycles. The fraction of sp³-hybridized carbons (Fsp3) is 0.258. The van der Waals surface area contributed by atoms with Gasteiger partial charge in [-0.15, -0.1) is 0 Å². The highest BCUT2D eigenvalue weighted by Crippen LogP contribution is 2.31. The van der Waals surface area contributed by atoms with Gasteiger partial charge in [-0.2, -0.15) is 0 Å². The maximum Gasteiger partial charge on any atom is 0.488 e. The van der Waals surface area contributed by atoms with Gasteiger partial charge in [0.1, 0.15) is 0 Å². The summed E-state index contributed by atoms with van der Waals surface area (Å²) < 4.78 is 0. The van der Waals surface area contributed by atoms with E-state index < -0.39 is 7.12 Å². The Kier molecular flexibility index (Phi) is 7.79. The van der Waals surface area contributed by atoms with Crippen molar-refractivity contribution in [3.05, 3.63) is 107 Å². The number of piperidine rings is 1. The molecule has 6 nitrogen and oxygen atoms in total. The van der Waals surface area contributed by atoms with Crippen LogP contribution in [0.3, 0.4) is 0 Å². The fourth-order valence-electron chi connectivity index (χ4n) is 5.53. The average Bonchev–Trinajstić information content (AvgIpc) is 2.96. The molecule has 0 bridgehead atoms. The van der Waals surface area contributed by atoms with Crippen molar-refractivity contribution in [2.45, 2.75) is 31.8 Å². The maximum absolute atomic E-state index is 13.6. The second-order valence-electron chi connectivity index (χ2n) is 10.2. The number of amides is 1. The lowest BCUT2D eigenvalue weighted by Crippen LogP contribution is -2.38. The van der Waals surface area contributed by atoms with Gasteiger partial charge >= 0.3 is 7.12 Å². The van der Waals surface area contributed by atoms with Gasteiger partial charge in [0.15, 0.2) is 0 Å². The van der Waals surface area contributed by atoms with E-state index in [2.05, 4.69) is 35.2 Å². The number of hydrogen-bond donors (Lipinski definition) is 3. The molecule has 194 valence electrons. The zero-order chi connectivity index (χ0) is 26.6. The Morgan fingerprint density at radius 2 is 1.74 bits per heavy atom. The second kappa shape index (κ2) is 11.4. The molecule has 1 fully saturated rings. The van der Waals surface area contributed by atoms with Crippen LogP contribution in [-0.4, -0.2) is 48.1 Å². The number of carbonyl (C=O) groups excluding carboxylic acids is 1. The van der Waals surface area contributed by atoms with Crippen molar-refractivity contribution in [3.63, 3.8) is 0 Å². The van der Waals surface area contributed by atoms with Gasteiger partial charge in [0, 0.05) is 44.5 Å². The Bertz CT molecular complexity index is 1430. The standard InChI is InChI=1S/C31H34BN3O3/c1-34(21-26-7-2-3-11-30(26)32(37)38)27-12-13-28-25(19-27)9-5-10-29(28)31(36)35-16-14-23(15-17-35)24-8-4-6-22(18-24)20-33/h2-13,18-19,23,37-38H,14-17,20-21,33H2,1H3. The smallest absolute Gasteiger partial charge is 0.423 e. The Morgan fingerprint density at radius 1 is 0.974 bits per heavy atom. The molecule has 0 atom stereocenters. The summed E-state index contributed by atoms with van der Waals surface area (Å²) in [6, 6.07) is 27.9. The van der Waals surface area contributed by atoms with Gasteiger partial charge in [-0.05, 0) is 69.9 Å². The van der Waals surface area contributed by atoms with Crippen LogP contribution in [0, 0.1) is 0 Å². The molecule has 0 aliphatic carbocycles. The molecule has 0 aromatic heterocycles. The minimum atomic E-state index is -1.51. The number of fused-ring (bicyclic) bond motifs is 1. The lowest BCUT2D eigenvalue weighted by atomic mass is 9.77. The summed E-state index contributed by atoms with van der Waals surface area (Å²) in [6.07, 6.45) is 1.90. The number of rotatable bonds is 7. The van der Waals surface area contributed by atoms with Crippen molar-refractivity contribution in [1.29, 1.82) is 0 Å². The number of benzene rings is 4. The number of likely N-dealkylation sites (tertiary alicyclic amines) is 1. The average molecular weight is 507 g/mol. The van der Waals surface area contributed by atoms with E-state index in [1.54, 1.807) is 12.1 Å². The van der Waals surface area contributed by atoms with Crippen LogP contribution in [-0.2, 0) is 13.1 Å². The van der Waals surface area contributed by atoms with E-state index in [1.165, 1.54) is 5.56 Å². The van der Waals surface area contributed by atoms with Crippen LogP contribution in [0.2, 0.25) is 0 Å². The summed E-state index contributed by atoms with van der Waals surface area (Å²) in [4.78, 5) is 17.6. The number of carbonyl (C=O) groups is 1. The van der Waals surface area contributed by atoms with Gasteiger partial charge in [0.2, 0.25) is 0 Å². The summed E-state index contributed by atoms with van der Waals surface area (Å²) >= 11 is 0. The van der Waals surface area contributed by atoms with Gasteiger partial charge in [0.25, 0.3) is 5.91 Å². The SMILES string of the molecule is CN(Cc1ccccc1B(O)O)c1ccc2c(C(=O)N3CCC(c4cccc(CN)c4)CC3)cccc2c1. The van der Waals surface area contributed by atoms with Crippen LogP contribution < -0.4 is 16.1 Å². The first-order valence-corrected chi connectivity index (χ1v) is 13.2. The molecule has 1 saturated heterocycles. The molecule has 1 aliphatic heterocycles. The van der Waals surface area contributed by atoms with E-state index in [1.807, 2.05) is 54.4 Å². The highest BCUT2D eigenvalue weighted by molar-refractivity contribution is 6.59. The first-order valence-electron chi connectivity index (χ1n) is 13.2. The van der Waals surface area contributed by atoms with Crippen molar-refractivity contribution < 1.29 is 14.8 Å². The number of nitrogens with two attached hydrogens (primary N) is 1. The lowest BCUT2D eigenvalue weighted by Gasteiger charge is -2.32. The molecule has 0 radical (unpaired) electrons. The predicted molar refractivity (Wildman–Crippen MR) is 155 cm³/mol. The highest BCUT2D eigenvalue weighted by Gasteiger charge is 2.26. The van der Waals surface area contributed by atoms with Gasteiger partial charge < -0.3 is 25.6 Å². The van der Waals surface area contributed by atoms with Crippen molar-refractivity contribution in [2.24, 2.45) is 5.73 Å². The molecule has 38 heavy (non-hydrogen) atoms. The molecule has 4 aromatic rings. The Hall–Kier alpha value is -3.65. The monoisotopic (exact) mass is 507 g/mol. The molecule has 1 amide bonds. The molecular formula is C31H34BN3O3. The lowest BCUT2D eigenvalue weighted by molar-refractivity contribution is 0.0715. The first kappa shape index (κ1) is 26.0. The van der Waals surface area contributed by atoms with Gasteiger partial charge in [0.05, 0.1) is 0 Å². The van der Waals surface area contributed by atoms with Crippen LogP contribution in [0.1, 0.15) is 45.8 Å². The number of anilines is 1. The van der Waals surface area contributed by atoms with E-state index >= 15 is 0 Å². The topological polar surface area (TPSA) is 90.0 Å². The van der Waals surface area contributed by atoms with Crippen LogP contribution in [0.5, 0.6) is 0 Å². The normalized spacial score (nSPS) is 14.1. The molecular weight excluding hydrogens is 473 g/mol. The van der Waals surface area contributed by atoms with Crippen LogP contribution in [0.4, 0.5) is 5.69 Å². The van der Waals surface area contributed by atoms with Crippen LogP contribution in [0.15, 0.2) is 84.9 Å². The second-order valence-corrected chi connectivity index (χ2v) is 10.2. The molecule has 4 N–H and O–H groups in total. The Balaban J connectivity index is 1.31. The van der Waals surface area contributed by atoms with E-state index in [0.717, 1.165) is 59.1 Å². The van der Waals surface area contributed by atoms with Gasteiger partial charge in [-0.25, -0.2) is 0 Å². The third-order valence-electron chi connectivity index (χ3n) is 7.72. The Morgan fingerprint density at radius 3 is 2.50 bits per heavy atom. The molecule has 1 heterocycles. The third kappa shape index (κ3) is 5.46. The predicted octanol–water partition coefficient (Wildman–Crippen LogP) is 3.63. The molecule has 0 spiro atoms. The van der Waals surface area contributed by atoms with E-state index in [0.29, 0.717) is 24.5 Å². The minimum absolute atomic E-state index is 0.0803. The van der Waals surface area contributed by atoms with Crippen molar-refractivity contribution in [2.75, 3.05) is 25.0 Å². The van der Waals surface area contributed by atoms with Crippen LogP contribution >= 0.6 is 0 Å². The zero-order valence-electron chi connectivity index (χ0n) is 21.8. The first-order chi connectivity index (χ1) is 18.4. The molecule has 4 aromatic carbocycles. The van der Waals surface area contributed by atoms with Crippen molar-refractivity contribution in [3.8, 4) is 0 Å². The third-order valence-corrected chi connectivity index (χ3v) is 7.72. The summed E-state index contributed by atoms with van der Waals surface area (Å²) in [5.74, 6) is 0.532. The molecule has 1 aliphatic rings. The van der Waals surface area contributed by atoms with Crippen LogP contribution in [0.25, 0.3) is 10.8 Å². The highest BCUT2D eigenvalue weighted by atomic mass is 16.4. The summed E-state index contributed by atoms with van der Waals surface area (Å²) in [7, 11) is 0.468. The van der Waals surface area contributed by atoms with E-state index in [9.17, 15) is 14.8 Å². The fourth-order valence-corrected chi connectivity index (χ4v) is 5.53. The van der Waals surface area contributed by atoms with Crippen molar-refractivity contribution >= 4 is 34.9 Å². The van der Waals surface area contributed by atoms with E-state index in [-0.39, 0.29) is 5.91 Å². The maximum atomic E-state index is 13.6. The number of nitrogens with zero attached hydrogens (tertiary/aromatic N) is 2. The largest absolute Gasteiger partial charge is 0.488 e. The summed E-state index contributed by atoms with van der Waals surface area (Å²) in [5, 5.41) is 21.4. The summed E-state index contributed by atoms with van der Waals surface area (Å²) in [5.41, 5.74) is 11.4. The zero-order valence-corrected chi connectivity index (χ0v) is 21.8. The van der Waals surface area contributed by atoms with E-state index in [4.69, 9.17) is 5.73 Å². The quantitative estimate of drug-likeness (QED) is 0.333. The molecule has 7 heteroatoms. The Labute approximate surface area is 224 Å². The molecule has 0 unspecified atom stereocenters.